The summed E-state index contributed by atoms with van der Waals surface area (Å²) in [5, 5.41) is 9.08. The lowest BCUT2D eigenvalue weighted by atomic mass is 10.3. The summed E-state index contributed by atoms with van der Waals surface area (Å²) in [7, 11) is 0. The number of nitrogens with zero attached hydrogens (tertiary/aromatic N) is 1. The lowest BCUT2D eigenvalue weighted by Crippen LogP contribution is -2.37. The fourth-order valence-corrected chi connectivity index (χ4v) is 1.23. The smallest absolute Gasteiger partial charge is 0.225 e. The fourth-order valence-electron chi connectivity index (χ4n) is 1.23. The first kappa shape index (κ1) is 9.48. The van der Waals surface area contributed by atoms with Gasteiger partial charge in [-0.1, -0.05) is 0 Å². The van der Waals surface area contributed by atoms with Crippen LogP contribution in [0.1, 0.15) is 13.3 Å². The third-order valence-electron chi connectivity index (χ3n) is 1.80. The van der Waals surface area contributed by atoms with Crippen LogP contribution in [0.15, 0.2) is 0 Å². The van der Waals surface area contributed by atoms with E-state index >= 15 is 0 Å². The van der Waals surface area contributed by atoms with E-state index in [9.17, 15) is 4.79 Å². The van der Waals surface area contributed by atoms with Crippen LogP contribution in [0.4, 0.5) is 0 Å². The Morgan fingerprint density at radius 3 is 3.08 bits per heavy atom. The predicted octanol–water partition coefficient (Wildman–Crippen LogP) is -0.384. The van der Waals surface area contributed by atoms with E-state index in [0.717, 1.165) is 0 Å². The molecule has 1 saturated heterocycles. The number of ether oxygens (including phenoxy) is 1. The van der Waals surface area contributed by atoms with Crippen molar-refractivity contribution in [3.8, 4) is 0 Å². The van der Waals surface area contributed by atoms with Crippen molar-refractivity contribution < 1.29 is 14.6 Å². The highest BCUT2D eigenvalue weighted by molar-refractivity contribution is 5.76. The number of amides is 1. The molecule has 0 bridgehead atoms. The first-order chi connectivity index (χ1) is 5.70. The fraction of sp³-hybridized carbons (Fsp3) is 0.875. The van der Waals surface area contributed by atoms with Gasteiger partial charge in [-0.25, -0.2) is 0 Å². The van der Waals surface area contributed by atoms with Crippen molar-refractivity contribution >= 4 is 5.91 Å². The van der Waals surface area contributed by atoms with Gasteiger partial charge < -0.3 is 14.7 Å². The quantitative estimate of drug-likeness (QED) is 0.619. The minimum absolute atomic E-state index is 0.0772. The van der Waals surface area contributed by atoms with Gasteiger partial charge in [0.25, 0.3) is 0 Å². The van der Waals surface area contributed by atoms with Crippen LogP contribution in [-0.2, 0) is 9.53 Å². The normalized spacial score (nSPS) is 22.2. The second kappa shape index (κ2) is 4.42. The Labute approximate surface area is 72.1 Å². The summed E-state index contributed by atoms with van der Waals surface area (Å²) in [6, 6.07) is 0. The second-order valence-corrected chi connectivity index (χ2v) is 3.05. The molecule has 1 amide bonds. The van der Waals surface area contributed by atoms with Gasteiger partial charge >= 0.3 is 0 Å². The minimum atomic E-state index is -0.452. The summed E-state index contributed by atoms with van der Waals surface area (Å²) in [6.45, 7) is 3.79. The lowest BCUT2D eigenvalue weighted by Gasteiger charge is -2.20. The van der Waals surface area contributed by atoms with E-state index in [-0.39, 0.29) is 5.91 Å². The Bertz CT molecular complexity index is 158. The van der Waals surface area contributed by atoms with E-state index in [1.165, 1.54) is 0 Å². The maximum Gasteiger partial charge on any atom is 0.225 e. The van der Waals surface area contributed by atoms with Gasteiger partial charge in [0.1, 0.15) is 0 Å². The molecule has 0 spiro atoms. The number of rotatable bonds is 2. The predicted molar refractivity (Wildman–Crippen MR) is 43.7 cm³/mol. The van der Waals surface area contributed by atoms with Crippen molar-refractivity contribution in [1.29, 1.82) is 0 Å². The molecular formula is C8H15NO3. The largest absolute Gasteiger partial charge is 0.392 e. The van der Waals surface area contributed by atoms with Gasteiger partial charge in [0.2, 0.25) is 5.91 Å². The second-order valence-electron chi connectivity index (χ2n) is 3.05. The van der Waals surface area contributed by atoms with E-state index in [1.807, 2.05) is 0 Å². The molecule has 1 N–H and O–H groups in total. The number of carbonyl (C=O) groups excluding carboxylic acids is 1. The van der Waals surface area contributed by atoms with Gasteiger partial charge in [-0.2, -0.15) is 0 Å². The SMILES string of the molecule is CC(O)CN1CCOCCC1=O. The standard InChI is InChI=1S/C8H15NO3/c1-7(10)6-9-3-5-12-4-2-8(9)11/h7,10H,2-6H2,1H3. The van der Waals surface area contributed by atoms with Crippen LogP contribution in [0, 0.1) is 0 Å². The molecule has 1 rings (SSSR count). The van der Waals surface area contributed by atoms with Crippen molar-refractivity contribution in [3.05, 3.63) is 0 Å². The molecule has 4 heteroatoms. The Morgan fingerprint density at radius 2 is 2.42 bits per heavy atom. The number of β-amino-alcohol motifs (C(OH)–C–C–N with tert-alkyl or cyclic N) is 1. The third-order valence-corrected chi connectivity index (χ3v) is 1.80. The Hall–Kier alpha value is -0.610. The zero-order chi connectivity index (χ0) is 8.97. The molecule has 0 radical (unpaired) electrons. The molecule has 12 heavy (non-hydrogen) atoms. The number of hydrogen-bond acceptors (Lipinski definition) is 3. The van der Waals surface area contributed by atoms with Crippen LogP contribution >= 0.6 is 0 Å². The summed E-state index contributed by atoms with van der Waals surface area (Å²) in [5.41, 5.74) is 0. The van der Waals surface area contributed by atoms with Crippen molar-refractivity contribution in [2.45, 2.75) is 19.4 Å². The molecule has 0 aromatic carbocycles. The minimum Gasteiger partial charge on any atom is -0.392 e. The highest BCUT2D eigenvalue weighted by Crippen LogP contribution is 2.01. The zero-order valence-electron chi connectivity index (χ0n) is 7.32. The molecule has 1 fully saturated rings. The van der Waals surface area contributed by atoms with Crippen molar-refractivity contribution in [3.63, 3.8) is 0 Å². The Morgan fingerprint density at radius 1 is 1.67 bits per heavy atom. The summed E-state index contributed by atoms with van der Waals surface area (Å²) in [4.78, 5) is 12.9. The average molecular weight is 173 g/mol. The van der Waals surface area contributed by atoms with Crippen molar-refractivity contribution in [2.24, 2.45) is 0 Å². The van der Waals surface area contributed by atoms with E-state index < -0.39 is 6.10 Å². The molecule has 0 aromatic heterocycles. The van der Waals surface area contributed by atoms with Crippen LogP contribution < -0.4 is 0 Å². The summed E-state index contributed by atoms with van der Waals surface area (Å²) in [6.07, 6.45) is -0.0146. The van der Waals surface area contributed by atoms with Gasteiger partial charge in [-0.15, -0.1) is 0 Å². The molecule has 1 heterocycles. The summed E-state index contributed by atoms with van der Waals surface area (Å²) < 4.78 is 5.13. The first-order valence-electron chi connectivity index (χ1n) is 4.23. The van der Waals surface area contributed by atoms with Gasteiger partial charge in [0, 0.05) is 13.1 Å². The molecule has 0 aromatic rings. The summed E-state index contributed by atoms with van der Waals surface area (Å²) in [5.74, 6) is 0.0772. The van der Waals surface area contributed by atoms with Gasteiger partial charge in [-0.05, 0) is 6.92 Å². The van der Waals surface area contributed by atoms with Gasteiger partial charge in [-0.3, -0.25) is 4.79 Å². The Balaban J connectivity index is 2.42. The van der Waals surface area contributed by atoms with Gasteiger partial charge in [0.15, 0.2) is 0 Å². The van der Waals surface area contributed by atoms with Crippen molar-refractivity contribution in [2.75, 3.05) is 26.3 Å². The molecule has 1 unspecified atom stereocenters. The monoisotopic (exact) mass is 173 g/mol. The number of aliphatic hydroxyl groups excluding tert-OH is 1. The summed E-state index contributed by atoms with van der Waals surface area (Å²) >= 11 is 0. The van der Waals surface area contributed by atoms with E-state index in [1.54, 1.807) is 11.8 Å². The van der Waals surface area contributed by atoms with Crippen LogP contribution in [-0.4, -0.2) is 48.3 Å². The number of aliphatic hydroxyl groups is 1. The molecule has 0 saturated carbocycles. The van der Waals surface area contributed by atoms with Crippen LogP contribution in [0.3, 0.4) is 0 Å². The van der Waals surface area contributed by atoms with Crippen molar-refractivity contribution in [1.82, 2.24) is 4.90 Å². The van der Waals surface area contributed by atoms with Crippen LogP contribution in [0.5, 0.6) is 0 Å². The topological polar surface area (TPSA) is 49.8 Å². The highest BCUT2D eigenvalue weighted by Gasteiger charge is 2.17. The molecule has 4 nitrogen and oxygen atoms in total. The molecular weight excluding hydrogens is 158 g/mol. The molecule has 1 aliphatic rings. The van der Waals surface area contributed by atoms with Crippen LogP contribution in [0.2, 0.25) is 0 Å². The lowest BCUT2D eigenvalue weighted by molar-refractivity contribution is -0.131. The Kier molecular flexibility index (Phi) is 3.49. The first-order valence-corrected chi connectivity index (χ1v) is 4.23. The molecule has 70 valence electrons. The molecule has 0 aliphatic carbocycles. The maximum atomic E-state index is 11.3. The van der Waals surface area contributed by atoms with E-state index in [4.69, 9.17) is 9.84 Å². The maximum absolute atomic E-state index is 11.3. The van der Waals surface area contributed by atoms with Gasteiger partial charge in [0.05, 0.1) is 25.7 Å². The van der Waals surface area contributed by atoms with E-state index in [0.29, 0.717) is 32.7 Å². The average Bonchev–Trinajstić information content (AvgIpc) is 2.16. The molecule has 1 aliphatic heterocycles. The highest BCUT2D eigenvalue weighted by atomic mass is 16.5. The van der Waals surface area contributed by atoms with Crippen LogP contribution in [0.25, 0.3) is 0 Å². The number of hydrogen-bond donors (Lipinski definition) is 1. The number of carbonyl (C=O) groups is 1. The van der Waals surface area contributed by atoms with E-state index in [2.05, 4.69) is 0 Å². The zero-order valence-corrected chi connectivity index (χ0v) is 7.32. The molecule has 1 atom stereocenters. The third kappa shape index (κ3) is 2.79.